The normalized spacial score (nSPS) is 26.8. The van der Waals surface area contributed by atoms with Gasteiger partial charge in [-0.3, -0.25) is 4.79 Å². The minimum Gasteiger partial charge on any atom is -0.467 e. The maximum Gasteiger partial charge on any atom is 0.333 e. The lowest BCUT2D eigenvalue weighted by atomic mass is 9.73. The smallest absolute Gasteiger partial charge is 0.333 e. The van der Waals surface area contributed by atoms with Gasteiger partial charge in [-0.15, -0.1) is 0 Å². The van der Waals surface area contributed by atoms with Crippen molar-refractivity contribution in [2.24, 2.45) is 29.6 Å². The number of rotatable bonds is 15. The molecule has 0 heterocycles. The lowest BCUT2D eigenvalue weighted by Crippen LogP contribution is -2.24. The summed E-state index contributed by atoms with van der Waals surface area (Å²) in [5, 5.41) is 0. The molecule has 0 aliphatic heterocycles. The fraction of sp³-hybridized carbons (Fsp3) is 0.857. The topological polar surface area (TPSA) is 52.6 Å². The molecule has 0 saturated heterocycles. The summed E-state index contributed by atoms with van der Waals surface area (Å²) in [6, 6.07) is 0. The largest absolute Gasteiger partial charge is 0.467 e. The molecule has 2 fully saturated rings. The lowest BCUT2D eigenvalue weighted by molar-refractivity contribution is -0.141. The molecule has 4 heteroatoms. The number of esters is 1. The second kappa shape index (κ2) is 15.5. The third-order valence-electron chi connectivity index (χ3n) is 8.00. The van der Waals surface area contributed by atoms with Crippen LogP contribution in [0.5, 0.6) is 0 Å². The van der Waals surface area contributed by atoms with Crippen LogP contribution in [0.15, 0.2) is 12.2 Å². The summed E-state index contributed by atoms with van der Waals surface area (Å²) in [7, 11) is 0. The van der Waals surface area contributed by atoms with Crippen LogP contribution in [0.4, 0.5) is 0 Å². The van der Waals surface area contributed by atoms with Gasteiger partial charge in [0.15, 0.2) is 0 Å². The Labute approximate surface area is 196 Å². The van der Waals surface area contributed by atoms with E-state index in [1.54, 1.807) is 6.92 Å². The summed E-state index contributed by atoms with van der Waals surface area (Å²) >= 11 is 0. The van der Waals surface area contributed by atoms with Crippen LogP contribution in [0.25, 0.3) is 0 Å². The van der Waals surface area contributed by atoms with Gasteiger partial charge in [-0.1, -0.05) is 103 Å². The summed E-state index contributed by atoms with van der Waals surface area (Å²) < 4.78 is 10.3. The van der Waals surface area contributed by atoms with Gasteiger partial charge >= 0.3 is 5.97 Å². The molecule has 1 unspecified atom stereocenters. The van der Waals surface area contributed by atoms with E-state index in [1.807, 2.05) is 0 Å². The van der Waals surface area contributed by atoms with Crippen LogP contribution in [-0.2, 0) is 19.1 Å². The number of unbranched alkanes of at least 4 members (excludes halogenated alkanes) is 2. The van der Waals surface area contributed by atoms with E-state index in [0.29, 0.717) is 31.2 Å². The zero-order chi connectivity index (χ0) is 23.2. The highest BCUT2D eigenvalue weighted by Crippen LogP contribution is 2.39. The van der Waals surface area contributed by atoms with Crippen molar-refractivity contribution < 1.29 is 19.1 Å². The molecule has 0 aromatic carbocycles. The number of hydrogen-bond acceptors (Lipinski definition) is 4. The fourth-order valence-electron chi connectivity index (χ4n) is 5.87. The predicted octanol–water partition coefficient (Wildman–Crippen LogP) is 7.26. The first-order valence-electron chi connectivity index (χ1n) is 13.4. The van der Waals surface area contributed by atoms with Crippen molar-refractivity contribution in [2.45, 2.75) is 110 Å². The summed E-state index contributed by atoms with van der Waals surface area (Å²) in [6.07, 6.45) is 20.5. The molecule has 0 N–H and O–H groups in total. The van der Waals surface area contributed by atoms with Gasteiger partial charge in [-0.25, -0.2) is 4.79 Å². The molecule has 0 spiro atoms. The van der Waals surface area contributed by atoms with Crippen molar-refractivity contribution >= 4 is 12.4 Å². The van der Waals surface area contributed by atoms with Gasteiger partial charge in [0, 0.05) is 11.5 Å². The molecule has 0 amide bonds. The zero-order valence-corrected chi connectivity index (χ0v) is 20.8. The minimum atomic E-state index is -0.361. The highest BCUT2D eigenvalue weighted by atomic mass is 16.5. The van der Waals surface area contributed by atoms with E-state index in [0.717, 1.165) is 24.2 Å². The van der Waals surface area contributed by atoms with Crippen molar-refractivity contribution in [1.82, 2.24) is 0 Å². The standard InChI is InChI=1S/C28H48O4/c1-4-5-6-7-23-8-10-24(11-9-23)12-13-25-14-16-26(17-15-25)18-27(19-31-21-29)20-32-28(30)22(2)3/h21,23-27H,2,4-20H2,1,3H3. The molecular weight excluding hydrogens is 400 g/mol. The van der Waals surface area contributed by atoms with Crippen LogP contribution in [0.1, 0.15) is 110 Å². The minimum absolute atomic E-state index is 0.0811. The van der Waals surface area contributed by atoms with E-state index in [-0.39, 0.29) is 11.9 Å². The van der Waals surface area contributed by atoms with Crippen LogP contribution in [0.2, 0.25) is 0 Å². The Bertz CT molecular complexity index is 542. The highest BCUT2D eigenvalue weighted by molar-refractivity contribution is 5.86. The Morgan fingerprint density at radius 2 is 1.41 bits per heavy atom. The predicted molar refractivity (Wildman–Crippen MR) is 130 cm³/mol. The monoisotopic (exact) mass is 448 g/mol. The Morgan fingerprint density at radius 1 is 0.875 bits per heavy atom. The molecule has 0 aromatic heterocycles. The van der Waals surface area contributed by atoms with E-state index >= 15 is 0 Å². The fourth-order valence-corrected chi connectivity index (χ4v) is 5.87. The van der Waals surface area contributed by atoms with Gasteiger partial charge in [0.25, 0.3) is 6.47 Å². The Kier molecular flexibility index (Phi) is 13.0. The third-order valence-corrected chi connectivity index (χ3v) is 8.00. The zero-order valence-electron chi connectivity index (χ0n) is 20.8. The first-order valence-corrected chi connectivity index (χ1v) is 13.4. The summed E-state index contributed by atoms with van der Waals surface area (Å²) in [6.45, 7) is 8.70. The van der Waals surface area contributed by atoms with Gasteiger partial charge in [0.05, 0.1) is 13.2 Å². The van der Waals surface area contributed by atoms with Crippen LogP contribution < -0.4 is 0 Å². The van der Waals surface area contributed by atoms with E-state index in [9.17, 15) is 9.59 Å². The Hall–Kier alpha value is -1.32. The van der Waals surface area contributed by atoms with Gasteiger partial charge < -0.3 is 9.47 Å². The van der Waals surface area contributed by atoms with Crippen LogP contribution >= 0.6 is 0 Å². The van der Waals surface area contributed by atoms with Crippen molar-refractivity contribution in [3.05, 3.63) is 12.2 Å². The average Bonchev–Trinajstić information content (AvgIpc) is 2.81. The maximum atomic E-state index is 11.7. The van der Waals surface area contributed by atoms with E-state index in [1.165, 1.54) is 89.9 Å². The number of carbonyl (C=O) groups excluding carboxylic acids is 2. The molecule has 0 bridgehead atoms. The number of hydrogen-bond donors (Lipinski definition) is 0. The second-order valence-corrected chi connectivity index (χ2v) is 10.8. The summed E-state index contributed by atoms with van der Waals surface area (Å²) in [4.78, 5) is 22.3. The van der Waals surface area contributed by atoms with E-state index < -0.39 is 0 Å². The Balaban J connectivity index is 1.61. The Morgan fingerprint density at radius 3 is 1.91 bits per heavy atom. The number of carbonyl (C=O) groups is 2. The van der Waals surface area contributed by atoms with Gasteiger partial charge in [-0.2, -0.15) is 0 Å². The van der Waals surface area contributed by atoms with Crippen molar-refractivity contribution in [3.63, 3.8) is 0 Å². The molecule has 2 saturated carbocycles. The quantitative estimate of drug-likeness (QED) is 0.114. The summed E-state index contributed by atoms with van der Waals surface area (Å²) in [5.41, 5.74) is 0.408. The van der Waals surface area contributed by atoms with Gasteiger partial charge in [-0.05, 0) is 37.0 Å². The molecule has 4 nitrogen and oxygen atoms in total. The van der Waals surface area contributed by atoms with Crippen molar-refractivity contribution in [1.29, 1.82) is 0 Å². The highest BCUT2D eigenvalue weighted by Gasteiger charge is 2.27. The first kappa shape index (κ1) is 26.9. The van der Waals surface area contributed by atoms with Crippen LogP contribution in [-0.4, -0.2) is 25.7 Å². The van der Waals surface area contributed by atoms with Crippen LogP contribution in [0, 0.1) is 29.6 Å². The van der Waals surface area contributed by atoms with Crippen LogP contribution in [0.3, 0.4) is 0 Å². The first-order chi connectivity index (χ1) is 15.5. The second-order valence-electron chi connectivity index (χ2n) is 10.8. The van der Waals surface area contributed by atoms with Crippen molar-refractivity contribution in [3.8, 4) is 0 Å². The molecule has 2 rings (SSSR count). The lowest BCUT2D eigenvalue weighted by Gasteiger charge is -2.33. The summed E-state index contributed by atoms with van der Waals surface area (Å²) in [5.74, 6) is 3.24. The maximum absolute atomic E-state index is 11.7. The molecule has 2 aliphatic rings. The molecule has 1 atom stereocenters. The van der Waals surface area contributed by atoms with E-state index in [4.69, 9.17) is 9.47 Å². The molecule has 32 heavy (non-hydrogen) atoms. The average molecular weight is 449 g/mol. The molecule has 0 radical (unpaired) electrons. The SMILES string of the molecule is C=C(C)C(=O)OCC(COC=O)CC1CCC(CCC2CCC(CCCCC)CC2)CC1. The third kappa shape index (κ3) is 10.5. The molecule has 0 aromatic rings. The van der Waals surface area contributed by atoms with Gasteiger partial charge in [0.1, 0.15) is 0 Å². The molecule has 2 aliphatic carbocycles. The molecular formula is C28H48O4. The van der Waals surface area contributed by atoms with Crippen molar-refractivity contribution in [2.75, 3.05) is 13.2 Å². The van der Waals surface area contributed by atoms with E-state index in [2.05, 4.69) is 13.5 Å². The van der Waals surface area contributed by atoms with Gasteiger partial charge in [0.2, 0.25) is 0 Å². The molecule has 184 valence electrons. The number of ether oxygens (including phenoxy) is 2.